The highest BCUT2D eigenvalue weighted by Gasteiger charge is 2.16. The number of hydrogen-bond acceptors (Lipinski definition) is 25. The largest absolute Gasteiger partial charge is 0.496 e. The maximum atomic E-state index is 11.2. The second-order valence-corrected chi connectivity index (χ2v) is 25.8. The van der Waals surface area contributed by atoms with Gasteiger partial charge >= 0.3 is 0 Å². The summed E-state index contributed by atoms with van der Waals surface area (Å²) in [5.41, 5.74) is 18.4. The molecule has 7 atom stereocenters. The van der Waals surface area contributed by atoms with Gasteiger partial charge in [0.15, 0.2) is 11.6 Å². The fourth-order valence-electron chi connectivity index (χ4n) is 9.96. The Balaban J connectivity index is -0.0000000922. The van der Waals surface area contributed by atoms with Crippen molar-refractivity contribution in [3.8, 4) is 5.75 Å². The lowest BCUT2D eigenvalue weighted by molar-refractivity contribution is -0.176. The van der Waals surface area contributed by atoms with E-state index < -0.39 is 6.61 Å². The molecule has 1 aliphatic carbocycles. The summed E-state index contributed by atoms with van der Waals surface area (Å²) in [6.45, 7) is 38.7. The minimum Gasteiger partial charge on any atom is -0.496 e. The van der Waals surface area contributed by atoms with Crippen LogP contribution in [0, 0.1) is 20.8 Å². The van der Waals surface area contributed by atoms with Crippen LogP contribution in [0.3, 0.4) is 0 Å². The minimum absolute atomic E-state index is 0.144. The van der Waals surface area contributed by atoms with Crippen molar-refractivity contribution in [2.24, 2.45) is 0 Å². The molecule has 0 aromatic heterocycles. The molecule has 0 amide bonds. The Kier molecular flexibility index (Phi) is 125. The van der Waals surface area contributed by atoms with Crippen LogP contribution in [0.2, 0.25) is 5.02 Å². The summed E-state index contributed by atoms with van der Waals surface area (Å²) in [6, 6.07) is 52.1. The molecule has 7 unspecified atom stereocenters. The number of aryl methyl sites for hydroxylation is 4. The molecule has 25 nitrogen and oxygen atoms in total. The first kappa shape index (κ1) is 138. The molecule has 0 saturated heterocycles. The molecular formula is C89H156BrClO25. The average Bonchev–Trinajstić information content (AvgIpc) is 0.819. The van der Waals surface area contributed by atoms with E-state index in [1.807, 2.05) is 48.5 Å². The lowest BCUT2D eigenvalue weighted by Crippen LogP contribution is -2.07. The van der Waals surface area contributed by atoms with Crippen LogP contribution in [0.25, 0.3) is 0 Å². The lowest BCUT2D eigenvalue weighted by atomic mass is 9.83. The summed E-state index contributed by atoms with van der Waals surface area (Å²) >= 11 is 9.22. The van der Waals surface area contributed by atoms with Gasteiger partial charge in [0.1, 0.15) is 12.4 Å². The molecule has 27 heteroatoms. The fraction of sp³-hybridized carbons (Fsp3) is 0.506. The van der Waals surface area contributed by atoms with Gasteiger partial charge in [-0.25, -0.2) is 0 Å². The number of aliphatic hydroxyl groups is 8. The Labute approximate surface area is 709 Å². The first-order valence-corrected chi connectivity index (χ1v) is 38.9. The summed E-state index contributed by atoms with van der Waals surface area (Å²) in [5.74, 6) is 5.31. The lowest BCUT2D eigenvalue weighted by Gasteiger charge is -2.22. The molecule has 7 aromatic rings. The Morgan fingerprint density at radius 3 is 1.03 bits per heavy atom. The van der Waals surface area contributed by atoms with Crippen LogP contribution < -0.4 is 4.74 Å². The van der Waals surface area contributed by atoms with Crippen LogP contribution in [-0.4, -0.2) is 190 Å². The van der Waals surface area contributed by atoms with Crippen LogP contribution in [0.4, 0.5) is 0 Å². The molecule has 0 saturated carbocycles. The Morgan fingerprint density at radius 2 is 0.681 bits per heavy atom. The maximum Gasteiger partial charge on any atom is 0.188 e. The first-order chi connectivity index (χ1) is 56.0. The van der Waals surface area contributed by atoms with Gasteiger partial charge in [0.05, 0.1) is 7.11 Å². The van der Waals surface area contributed by atoms with E-state index in [1.54, 1.807) is 36.8 Å². The van der Waals surface area contributed by atoms with Crippen molar-refractivity contribution in [2.45, 2.75) is 237 Å². The van der Waals surface area contributed by atoms with Crippen molar-refractivity contribution in [3.05, 3.63) is 239 Å². The van der Waals surface area contributed by atoms with Crippen LogP contribution in [0.15, 0.2) is 156 Å². The number of rotatable bonds is 18. The topological polar surface area (TPSA) is 488 Å². The average molecular weight is 1740 g/mol. The van der Waals surface area contributed by atoms with Crippen molar-refractivity contribution < 1.29 is 129 Å². The van der Waals surface area contributed by atoms with E-state index >= 15 is 0 Å². The van der Waals surface area contributed by atoms with E-state index in [4.69, 9.17) is 131 Å². The molecule has 0 aliphatic heterocycles. The zero-order chi connectivity index (χ0) is 93.9. The van der Waals surface area contributed by atoms with Crippen molar-refractivity contribution in [1.29, 1.82) is 0 Å². The molecule has 7 aromatic carbocycles. The zero-order valence-electron chi connectivity index (χ0n) is 74.3. The fourth-order valence-corrected chi connectivity index (χ4v) is 10.5. The van der Waals surface area contributed by atoms with Gasteiger partial charge in [0.2, 0.25) is 0 Å². The Bertz CT molecular complexity index is 3150. The van der Waals surface area contributed by atoms with E-state index in [2.05, 4.69) is 231 Å². The molecule has 8 rings (SSSR count). The highest BCUT2D eigenvalue weighted by molar-refractivity contribution is 9.10. The minimum atomic E-state index is -0.413. The standard InChI is InChI=1S/C14H20.C12H16O2.C12H18O.C12H16O.C12H18.C10H13Br.C10H13Cl.7CH4O.7H2O2/c1-3-11(2)13-10-6-8-12-7-4-5-9-14(12)13;1-3-9(2)10-5-4-6-11(7-10)12(14)8-13;1-5-9(2)11-6-7-12(13-4)10(3)8-11;1-4-9(2)11-6-5-7-12(8-11)10(3)13;1-5-9(2)12-7-6-10(3)11(4)8-12;1-3-8(2)9-5-4-6-10(11)7-9;1-3-8(2)9-4-6-10(11)7-5-9;14*1-2/h6,8,10-11H,3-5,7,9H2,1-2H3;4-7,9,13H,3,8H2,1-2H3;6-9H,5H2,1-4H3;5-9H,4H2,1-3H3;6-9H,5H2,1-4H3;2*4-8H,3H2,1-2H3;7*2H,1H3;7*1-2H. The van der Waals surface area contributed by atoms with Gasteiger partial charge in [-0.05, 0) is 249 Å². The van der Waals surface area contributed by atoms with Gasteiger partial charge < -0.3 is 45.6 Å². The molecule has 116 heavy (non-hydrogen) atoms. The van der Waals surface area contributed by atoms with Crippen molar-refractivity contribution in [3.63, 3.8) is 0 Å². The van der Waals surface area contributed by atoms with E-state index in [1.165, 1.54) is 107 Å². The van der Waals surface area contributed by atoms with Crippen LogP contribution in [0.1, 0.15) is 291 Å². The number of aliphatic hydroxyl groups excluding tert-OH is 8. The Hall–Kier alpha value is -6.43. The van der Waals surface area contributed by atoms with Gasteiger partial charge in [0.25, 0.3) is 0 Å². The predicted octanol–water partition coefficient (Wildman–Crippen LogP) is 22.4. The number of Topliss-reactive ketones (excluding diaryl/α,β-unsaturated/α-hetero) is 2. The third kappa shape index (κ3) is 67.5. The molecular weight excluding hydrogens is 1580 g/mol. The van der Waals surface area contributed by atoms with Gasteiger partial charge in [-0.3, -0.25) is 83.2 Å². The number of ketones is 2. The highest BCUT2D eigenvalue weighted by Crippen LogP contribution is 2.31. The second-order valence-electron chi connectivity index (χ2n) is 24.4. The molecule has 1 aliphatic rings. The van der Waals surface area contributed by atoms with Gasteiger partial charge in [-0.1, -0.05) is 234 Å². The van der Waals surface area contributed by atoms with Gasteiger partial charge in [-0.2, -0.15) is 0 Å². The van der Waals surface area contributed by atoms with E-state index in [-0.39, 0.29) is 11.6 Å². The van der Waals surface area contributed by atoms with E-state index in [0.29, 0.717) is 41.1 Å². The zero-order valence-corrected chi connectivity index (χ0v) is 76.6. The van der Waals surface area contributed by atoms with Crippen LogP contribution in [-0.2, 0) is 12.8 Å². The third-order valence-corrected chi connectivity index (χ3v) is 18.7. The molecule has 0 spiro atoms. The number of carbonyl (C=O) groups excluding carboxylic acids is 2. The summed E-state index contributed by atoms with van der Waals surface area (Å²) in [7, 11) is 8.71. The summed E-state index contributed by atoms with van der Waals surface area (Å²) in [6.07, 6.45) is 13.6. The number of benzene rings is 7. The SMILES string of the molecule is CCC(C)c1ccc(C)c(C)c1.CCC(C)c1ccc(Cl)cc1.CCC(C)c1ccc(OC)c(C)c1.CCC(C)c1cccc(Br)c1.CCC(C)c1cccc(C(=O)CO)c1.CCC(C)c1cccc(C(C)=O)c1.CCC(C)c1cccc2c1CCCC2.CO.CO.CO.CO.CO.CO.CO.OO.OO.OO.OO.OO.OO.OO. The number of halogens is 2. The molecule has 676 valence electrons. The third-order valence-electron chi connectivity index (χ3n) is 18.0. The van der Waals surface area contributed by atoms with Crippen LogP contribution >= 0.6 is 27.5 Å². The molecule has 0 heterocycles. The maximum absolute atomic E-state index is 11.2. The van der Waals surface area contributed by atoms with Crippen LogP contribution in [0.5, 0.6) is 5.75 Å². The van der Waals surface area contributed by atoms with Gasteiger partial charge in [-0.15, -0.1) is 0 Å². The quantitative estimate of drug-likeness (QED) is 0.0215. The summed E-state index contributed by atoms with van der Waals surface area (Å²) in [5, 5.41) is 143. The molecule has 0 radical (unpaired) electrons. The van der Waals surface area contributed by atoms with Crippen molar-refractivity contribution in [1.82, 2.24) is 0 Å². The van der Waals surface area contributed by atoms with Crippen molar-refractivity contribution >= 4 is 39.1 Å². The number of fused-ring (bicyclic) bond motifs is 1. The Morgan fingerprint density at radius 1 is 0.371 bits per heavy atom. The molecule has 0 fully saturated rings. The number of methoxy groups -OCH3 is 1. The van der Waals surface area contributed by atoms with Crippen molar-refractivity contribution in [2.75, 3.05) is 63.5 Å². The number of ether oxygens (including phenoxy) is 1. The summed E-state index contributed by atoms with van der Waals surface area (Å²) < 4.78 is 6.39. The monoisotopic (exact) mass is 1740 g/mol. The second kappa shape index (κ2) is 105. The van der Waals surface area contributed by atoms with E-state index in [9.17, 15) is 9.59 Å². The number of carbonyl (C=O) groups is 2. The predicted molar refractivity (Wildman–Crippen MR) is 481 cm³/mol. The smallest absolute Gasteiger partial charge is 0.188 e. The number of hydrogen-bond donors (Lipinski definition) is 22. The highest BCUT2D eigenvalue weighted by atomic mass is 79.9. The van der Waals surface area contributed by atoms with Gasteiger partial charge in [0, 0.05) is 70.4 Å². The summed E-state index contributed by atoms with van der Waals surface area (Å²) in [4.78, 5) is 22.3. The van der Waals surface area contributed by atoms with E-state index in [0.717, 1.165) is 90.4 Å². The normalized spacial score (nSPS) is 11.0. The molecule has 22 N–H and O–H groups in total. The first-order valence-electron chi connectivity index (χ1n) is 37.7. The molecule has 0 bridgehead atoms.